The zero-order chi connectivity index (χ0) is 16.1. The summed E-state index contributed by atoms with van der Waals surface area (Å²) in [7, 11) is 1.56. The Bertz CT molecular complexity index is 858. The summed E-state index contributed by atoms with van der Waals surface area (Å²) < 4.78 is 16.2. The summed E-state index contributed by atoms with van der Waals surface area (Å²) >= 11 is 0. The highest BCUT2D eigenvalue weighted by Gasteiger charge is 2.05. The number of oxazole rings is 1. The third kappa shape index (κ3) is 3.33. The number of ether oxygens (including phenoxy) is 2. The summed E-state index contributed by atoms with van der Waals surface area (Å²) in [5, 5.41) is 8.57. The summed E-state index contributed by atoms with van der Waals surface area (Å²) in [5.41, 5.74) is 2.49. The first-order valence-corrected chi connectivity index (χ1v) is 7.01. The van der Waals surface area contributed by atoms with Crippen molar-refractivity contribution in [3.63, 3.8) is 0 Å². The summed E-state index contributed by atoms with van der Waals surface area (Å²) in [6.45, 7) is -0.0194. The van der Waals surface area contributed by atoms with Crippen LogP contribution in [-0.2, 0) is 0 Å². The average molecular weight is 306 g/mol. The highest BCUT2D eigenvalue weighted by atomic mass is 16.5. The van der Waals surface area contributed by atoms with E-state index in [0.717, 1.165) is 16.7 Å². The molecule has 2 aromatic carbocycles. The molecule has 23 heavy (non-hydrogen) atoms. The van der Waals surface area contributed by atoms with Gasteiger partial charge in [0.1, 0.15) is 11.6 Å². The Morgan fingerprint density at radius 2 is 2.04 bits per heavy atom. The standard InChI is InChI=1S/C18H14N2O3/c1-21-17-12-13(6-8-16(17)22-11-10-19)7-9-18-20-14-4-2-3-5-15(14)23-18/h2-9,12H,11H2,1H3/b9-7-. The quantitative estimate of drug-likeness (QED) is 0.715. The third-order valence-electron chi connectivity index (χ3n) is 3.21. The van der Waals surface area contributed by atoms with E-state index < -0.39 is 0 Å². The fourth-order valence-corrected chi connectivity index (χ4v) is 2.15. The van der Waals surface area contributed by atoms with E-state index in [1.807, 2.05) is 48.5 Å². The Hall–Kier alpha value is -3.26. The van der Waals surface area contributed by atoms with Gasteiger partial charge in [-0.05, 0) is 35.9 Å². The maximum Gasteiger partial charge on any atom is 0.220 e. The first-order chi connectivity index (χ1) is 11.3. The van der Waals surface area contributed by atoms with E-state index in [2.05, 4.69) is 4.98 Å². The van der Waals surface area contributed by atoms with Crippen LogP contribution < -0.4 is 9.47 Å². The number of nitriles is 1. The van der Waals surface area contributed by atoms with Crippen molar-refractivity contribution in [1.82, 2.24) is 4.98 Å². The molecule has 0 aliphatic rings. The molecular formula is C18H14N2O3. The molecule has 0 aliphatic carbocycles. The van der Waals surface area contributed by atoms with Crippen LogP contribution >= 0.6 is 0 Å². The van der Waals surface area contributed by atoms with Gasteiger partial charge in [0.05, 0.1) is 7.11 Å². The monoisotopic (exact) mass is 306 g/mol. The number of nitrogens with zero attached hydrogens (tertiary/aromatic N) is 2. The number of benzene rings is 2. The van der Waals surface area contributed by atoms with Gasteiger partial charge >= 0.3 is 0 Å². The Labute approximate surface area is 133 Å². The molecule has 0 bridgehead atoms. The van der Waals surface area contributed by atoms with Gasteiger partial charge in [0, 0.05) is 6.08 Å². The second-order valence-electron chi connectivity index (χ2n) is 4.71. The lowest BCUT2D eigenvalue weighted by atomic mass is 10.2. The number of fused-ring (bicyclic) bond motifs is 1. The van der Waals surface area contributed by atoms with Crippen LogP contribution in [0.15, 0.2) is 46.9 Å². The van der Waals surface area contributed by atoms with E-state index in [0.29, 0.717) is 17.4 Å². The van der Waals surface area contributed by atoms with Gasteiger partial charge in [0.25, 0.3) is 0 Å². The van der Waals surface area contributed by atoms with Gasteiger partial charge in [-0.1, -0.05) is 18.2 Å². The highest BCUT2D eigenvalue weighted by molar-refractivity contribution is 5.76. The van der Waals surface area contributed by atoms with Crippen molar-refractivity contribution in [3.05, 3.63) is 53.9 Å². The van der Waals surface area contributed by atoms with Crippen molar-refractivity contribution in [1.29, 1.82) is 5.26 Å². The normalized spacial score (nSPS) is 10.8. The summed E-state index contributed by atoms with van der Waals surface area (Å²) in [6.07, 6.45) is 3.67. The SMILES string of the molecule is COc1cc(/C=C\c2nc3ccccc3o2)ccc1OCC#N. The summed E-state index contributed by atoms with van der Waals surface area (Å²) in [4.78, 5) is 4.38. The molecule has 114 valence electrons. The smallest absolute Gasteiger partial charge is 0.220 e. The highest BCUT2D eigenvalue weighted by Crippen LogP contribution is 2.28. The van der Waals surface area contributed by atoms with E-state index in [-0.39, 0.29) is 6.61 Å². The molecule has 5 nitrogen and oxygen atoms in total. The maximum atomic E-state index is 8.57. The molecule has 0 aliphatic heterocycles. The molecular weight excluding hydrogens is 292 g/mol. The van der Waals surface area contributed by atoms with E-state index in [1.54, 1.807) is 19.3 Å². The first-order valence-electron chi connectivity index (χ1n) is 7.01. The van der Waals surface area contributed by atoms with Crippen LogP contribution in [0.5, 0.6) is 11.5 Å². The fraction of sp³-hybridized carbons (Fsp3) is 0.111. The molecule has 0 atom stereocenters. The molecule has 0 fully saturated rings. The Kier molecular flexibility index (Phi) is 4.25. The van der Waals surface area contributed by atoms with Crippen LogP contribution in [-0.4, -0.2) is 18.7 Å². The Morgan fingerprint density at radius 1 is 1.17 bits per heavy atom. The van der Waals surface area contributed by atoms with Crippen molar-refractivity contribution in [2.24, 2.45) is 0 Å². The summed E-state index contributed by atoms with van der Waals surface area (Å²) in [5.74, 6) is 1.64. The topological polar surface area (TPSA) is 68.3 Å². The number of aromatic nitrogens is 1. The molecule has 0 saturated carbocycles. The lowest BCUT2D eigenvalue weighted by molar-refractivity contribution is 0.329. The predicted molar refractivity (Wildman–Crippen MR) is 87.0 cm³/mol. The van der Waals surface area contributed by atoms with Crippen LogP contribution in [0.1, 0.15) is 11.5 Å². The second kappa shape index (κ2) is 6.67. The first kappa shape index (κ1) is 14.7. The van der Waals surface area contributed by atoms with Crippen LogP contribution in [0.3, 0.4) is 0 Å². The summed E-state index contributed by atoms with van der Waals surface area (Å²) in [6, 6.07) is 15.0. The van der Waals surface area contributed by atoms with Crippen molar-refractivity contribution < 1.29 is 13.9 Å². The second-order valence-corrected chi connectivity index (χ2v) is 4.71. The Balaban J connectivity index is 1.82. The predicted octanol–water partition coefficient (Wildman–Crippen LogP) is 3.91. The molecule has 0 unspecified atom stereocenters. The van der Waals surface area contributed by atoms with E-state index in [1.165, 1.54) is 0 Å². The van der Waals surface area contributed by atoms with Crippen molar-refractivity contribution >= 4 is 23.3 Å². The van der Waals surface area contributed by atoms with Crippen LogP contribution in [0, 0.1) is 11.3 Å². The van der Waals surface area contributed by atoms with Gasteiger partial charge in [0.2, 0.25) is 5.89 Å². The number of hydrogen-bond acceptors (Lipinski definition) is 5. The molecule has 1 aromatic heterocycles. The molecule has 3 aromatic rings. The van der Waals surface area contributed by atoms with Crippen LogP contribution in [0.25, 0.3) is 23.3 Å². The van der Waals surface area contributed by atoms with Crippen LogP contribution in [0.2, 0.25) is 0 Å². The van der Waals surface area contributed by atoms with Crippen molar-refractivity contribution in [2.75, 3.05) is 13.7 Å². The van der Waals surface area contributed by atoms with Crippen molar-refractivity contribution in [3.8, 4) is 17.6 Å². The number of hydrogen-bond donors (Lipinski definition) is 0. The van der Waals surface area contributed by atoms with E-state index in [4.69, 9.17) is 19.2 Å². The minimum atomic E-state index is -0.0194. The van der Waals surface area contributed by atoms with E-state index in [9.17, 15) is 0 Å². The molecule has 1 heterocycles. The fourth-order valence-electron chi connectivity index (χ4n) is 2.15. The molecule has 5 heteroatoms. The molecule has 0 radical (unpaired) electrons. The number of para-hydroxylation sites is 2. The minimum absolute atomic E-state index is 0.0194. The van der Waals surface area contributed by atoms with Gasteiger partial charge < -0.3 is 13.9 Å². The molecule has 0 spiro atoms. The van der Waals surface area contributed by atoms with Gasteiger partial charge in [-0.3, -0.25) is 0 Å². The number of methoxy groups -OCH3 is 1. The zero-order valence-electron chi connectivity index (χ0n) is 12.5. The average Bonchev–Trinajstić information content (AvgIpc) is 3.01. The molecule has 0 N–H and O–H groups in total. The zero-order valence-corrected chi connectivity index (χ0v) is 12.5. The lowest BCUT2D eigenvalue weighted by Gasteiger charge is -2.08. The number of rotatable bonds is 5. The van der Waals surface area contributed by atoms with Crippen LogP contribution in [0.4, 0.5) is 0 Å². The van der Waals surface area contributed by atoms with Crippen molar-refractivity contribution in [2.45, 2.75) is 0 Å². The Morgan fingerprint density at radius 3 is 2.83 bits per heavy atom. The molecule has 0 amide bonds. The van der Waals surface area contributed by atoms with E-state index >= 15 is 0 Å². The van der Waals surface area contributed by atoms with Gasteiger partial charge in [-0.15, -0.1) is 0 Å². The minimum Gasteiger partial charge on any atom is -0.493 e. The van der Waals surface area contributed by atoms with Gasteiger partial charge in [0.15, 0.2) is 23.7 Å². The lowest BCUT2D eigenvalue weighted by Crippen LogP contribution is -1.96. The molecule has 0 saturated heterocycles. The third-order valence-corrected chi connectivity index (χ3v) is 3.21. The van der Waals surface area contributed by atoms with Gasteiger partial charge in [-0.2, -0.15) is 5.26 Å². The largest absolute Gasteiger partial charge is 0.493 e. The molecule has 3 rings (SSSR count). The maximum absolute atomic E-state index is 8.57. The van der Waals surface area contributed by atoms with Gasteiger partial charge in [-0.25, -0.2) is 4.98 Å².